The van der Waals surface area contributed by atoms with E-state index in [1.807, 2.05) is 53.4 Å². The van der Waals surface area contributed by atoms with Gasteiger partial charge in [0.2, 0.25) is 0 Å². The number of piperazine rings is 1. The number of carbonyl (C=O) groups excluding carboxylic acids is 1. The monoisotopic (exact) mass is 401 g/mol. The fourth-order valence-electron chi connectivity index (χ4n) is 3.66. The zero-order valence-corrected chi connectivity index (χ0v) is 17.5. The maximum atomic E-state index is 12.6. The van der Waals surface area contributed by atoms with E-state index in [1.54, 1.807) is 0 Å². The van der Waals surface area contributed by atoms with Gasteiger partial charge in [0.25, 0.3) is 0 Å². The van der Waals surface area contributed by atoms with Crippen molar-refractivity contribution < 1.29 is 4.79 Å². The Morgan fingerprint density at radius 2 is 1.67 bits per heavy atom. The number of nitrogens with one attached hydrogen (secondary N) is 1. The maximum absolute atomic E-state index is 12.6. The lowest BCUT2D eigenvalue weighted by Gasteiger charge is -2.35. The summed E-state index contributed by atoms with van der Waals surface area (Å²) in [7, 11) is 0. The molecule has 1 aliphatic rings. The van der Waals surface area contributed by atoms with Crippen LogP contribution in [-0.2, 0) is 6.42 Å². The average Bonchev–Trinajstić information content (AvgIpc) is 2.80. The molecule has 1 aromatic heterocycles. The van der Waals surface area contributed by atoms with Crippen molar-refractivity contribution in [3.8, 4) is 11.3 Å². The summed E-state index contributed by atoms with van der Waals surface area (Å²) >= 11 is 0. The summed E-state index contributed by atoms with van der Waals surface area (Å²) in [4.78, 5) is 16.6. The third-order valence-corrected chi connectivity index (χ3v) is 5.58. The Kier molecular flexibility index (Phi) is 5.93. The first-order valence-corrected chi connectivity index (χ1v) is 10.4. The number of amides is 2. The highest BCUT2D eigenvalue weighted by atomic mass is 16.2. The predicted molar refractivity (Wildman–Crippen MR) is 121 cm³/mol. The SMILES string of the molecule is CCc1ccc(NC(=O)N2CCN(c3ccc(-c4ccccc4C)nn3)CC2)cc1. The Hall–Kier alpha value is -3.41. The molecule has 0 radical (unpaired) electrons. The van der Waals surface area contributed by atoms with Crippen molar-refractivity contribution in [2.75, 3.05) is 36.4 Å². The van der Waals surface area contributed by atoms with Crippen molar-refractivity contribution in [3.05, 3.63) is 71.8 Å². The molecule has 0 unspecified atom stereocenters. The zero-order valence-electron chi connectivity index (χ0n) is 17.5. The van der Waals surface area contributed by atoms with Crippen LogP contribution in [0.3, 0.4) is 0 Å². The van der Waals surface area contributed by atoms with Crippen molar-refractivity contribution in [1.82, 2.24) is 15.1 Å². The molecule has 0 saturated carbocycles. The van der Waals surface area contributed by atoms with Crippen LogP contribution < -0.4 is 10.2 Å². The lowest BCUT2D eigenvalue weighted by atomic mass is 10.1. The van der Waals surface area contributed by atoms with Gasteiger partial charge < -0.3 is 15.1 Å². The number of aromatic nitrogens is 2. The van der Waals surface area contributed by atoms with Gasteiger partial charge in [-0.2, -0.15) is 0 Å². The van der Waals surface area contributed by atoms with Gasteiger partial charge in [-0.1, -0.05) is 43.3 Å². The van der Waals surface area contributed by atoms with Crippen LogP contribution in [-0.4, -0.2) is 47.3 Å². The number of benzene rings is 2. The second kappa shape index (κ2) is 8.95. The van der Waals surface area contributed by atoms with Crippen LogP contribution in [0.5, 0.6) is 0 Å². The van der Waals surface area contributed by atoms with E-state index in [0.29, 0.717) is 13.1 Å². The van der Waals surface area contributed by atoms with Gasteiger partial charge >= 0.3 is 6.03 Å². The van der Waals surface area contributed by atoms with Crippen molar-refractivity contribution in [2.45, 2.75) is 20.3 Å². The van der Waals surface area contributed by atoms with Gasteiger partial charge in [0, 0.05) is 37.4 Å². The molecular formula is C24H27N5O. The largest absolute Gasteiger partial charge is 0.352 e. The molecule has 1 aliphatic heterocycles. The Morgan fingerprint density at radius 3 is 2.30 bits per heavy atom. The molecule has 0 bridgehead atoms. The van der Waals surface area contributed by atoms with Gasteiger partial charge in [-0.25, -0.2) is 4.79 Å². The smallest absolute Gasteiger partial charge is 0.321 e. The van der Waals surface area contributed by atoms with E-state index < -0.39 is 0 Å². The molecule has 0 aliphatic carbocycles. The van der Waals surface area contributed by atoms with Gasteiger partial charge in [0.15, 0.2) is 5.82 Å². The van der Waals surface area contributed by atoms with Crippen molar-refractivity contribution in [1.29, 1.82) is 0 Å². The summed E-state index contributed by atoms with van der Waals surface area (Å²) in [6, 6.07) is 20.2. The Balaban J connectivity index is 1.33. The average molecular weight is 402 g/mol. The van der Waals surface area contributed by atoms with E-state index in [2.05, 4.69) is 46.4 Å². The quantitative estimate of drug-likeness (QED) is 0.705. The molecule has 2 aromatic carbocycles. The number of hydrogen-bond donors (Lipinski definition) is 1. The number of aryl methyl sites for hydroxylation is 2. The fourth-order valence-corrected chi connectivity index (χ4v) is 3.66. The summed E-state index contributed by atoms with van der Waals surface area (Å²) < 4.78 is 0. The van der Waals surface area contributed by atoms with E-state index in [1.165, 1.54) is 11.1 Å². The van der Waals surface area contributed by atoms with Gasteiger partial charge in [-0.3, -0.25) is 0 Å². The second-order valence-corrected chi connectivity index (χ2v) is 7.55. The standard InChI is InChI=1S/C24H27N5O/c1-3-19-8-10-20(11-9-19)25-24(30)29-16-14-28(15-17-29)23-13-12-22(26-27-23)21-7-5-4-6-18(21)2/h4-13H,3,14-17H2,1-2H3,(H,25,30). The summed E-state index contributed by atoms with van der Waals surface area (Å²) in [5.74, 6) is 0.850. The first kappa shape index (κ1) is 19.9. The Bertz CT molecular complexity index is 993. The van der Waals surface area contributed by atoms with Gasteiger partial charge in [0.05, 0.1) is 5.69 Å². The number of carbonyl (C=O) groups is 1. The van der Waals surface area contributed by atoms with Crippen LogP contribution in [0.1, 0.15) is 18.1 Å². The molecule has 4 rings (SSSR count). The van der Waals surface area contributed by atoms with Crippen LogP contribution >= 0.6 is 0 Å². The molecule has 1 fully saturated rings. The third kappa shape index (κ3) is 4.43. The molecule has 3 aromatic rings. The highest BCUT2D eigenvalue weighted by molar-refractivity contribution is 5.89. The van der Waals surface area contributed by atoms with E-state index in [-0.39, 0.29) is 6.03 Å². The van der Waals surface area contributed by atoms with Crippen LogP contribution in [0, 0.1) is 6.92 Å². The van der Waals surface area contributed by atoms with Gasteiger partial charge in [0.1, 0.15) is 0 Å². The topological polar surface area (TPSA) is 61.4 Å². The molecule has 6 heteroatoms. The first-order valence-electron chi connectivity index (χ1n) is 10.4. The molecule has 2 heterocycles. The Labute approximate surface area is 177 Å². The lowest BCUT2D eigenvalue weighted by Crippen LogP contribution is -2.50. The first-order chi connectivity index (χ1) is 14.6. The highest BCUT2D eigenvalue weighted by Gasteiger charge is 2.22. The molecule has 0 atom stereocenters. The summed E-state index contributed by atoms with van der Waals surface area (Å²) in [5, 5.41) is 11.8. The number of hydrogen-bond acceptors (Lipinski definition) is 4. The fraction of sp³-hybridized carbons (Fsp3) is 0.292. The predicted octanol–water partition coefficient (Wildman–Crippen LogP) is 4.37. The minimum Gasteiger partial charge on any atom is -0.352 e. The number of rotatable bonds is 4. The van der Waals surface area contributed by atoms with Crippen LogP contribution in [0.25, 0.3) is 11.3 Å². The minimum atomic E-state index is -0.0557. The molecular weight excluding hydrogens is 374 g/mol. The maximum Gasteiger partial charge on any atom is 0.321 e. The molecule has 6 nitrogen and oxygen atoms in total. The molecule has 1 saturated heterocycles. The van der Waals surface area contributed by atoms with Gasteiger partial charge in [-0.05, 0) is 48.7 Å². The zero-order chi connectivity index (χ0) is 20.9. The summed E-state index contributed by atoms with van der Waals surface area (Å²) in [6.07, 6.45) is 0.991. The number of urea groups is 1. The minimum absolute atomic E-state index is 0.0557. The van der Waals surface area contributed by atoms with Crippen molar-refractivity contribution in [3.63, 3.8) is 0 Å². The normalized spacial score (nSPS) is 13.9. The van der Waals surface area contributed by atoms with Crippen molar-refractivity contribution >= 4 is 17.5 Å². The number of nitrogens with zero attached hydrogens (tertiary/aromatic N) is 4. The van der Waals surface area contributed by atoms with E-state index in [0.717, 1.165) is 42.3 Å². The Morgan fingerprint density at radius 1 is 0.933 bits per heavy atom. The van der Waals surface area contributed by atoms with E-state index in [9.17, 15) is 4.79 Å². The van der Waals surface area contributed by atoms with Gasteiger partial charge in [-0.15, -0.1) is 10.2 Å². The number of anilines is 2. The van der Waals surface area contributed by atoms with Crippen LogP contribution in [0.15, 0.2) is 60.7 Å². The molecule has 1 N–H and O–H groups in total. The summed E-state index contributed by atoms with van der Waals surface area (Å²) in [5.41, 5.74) is 5.26. The highest BCUT2D eigenvalue weighted by Crippen LogP contribution is 2.22. The molecule has 154 valence electrons. The van der Waals surface area contributed by atoms with Crippen LogP contribution in [0.2, 0.25) is 0 Å². The van der Waals surface area contributed by atoms with Crippen molar-refractivity contribution in [2.24, 2.45) is 0 Å². The van der Waals surface area contributed by atoms with E-state index >= 15 is 0 Å². The second-order valence-electron chi connectivity index (χ2n) is 7.55. The third-order valence-electron chi connectivity index (χ3n) is 5.58. The molecule has 2 amide bonds. The lowest BCUT2D eigenvalue weighted by molar-refractivity contribution is 0.208. The van der Waals surface area contributed by atoms with E-state index in [4.69, 9.17) is 0 Å². The molecule has 30 heavy (non-hydrogen) atoms. The van der Waals surface area contributed by atoms with Crippen LogP contribution in [0.4, 0.5) is 16.3 Å². The molecule has 0 spiro atoms. The summed E-state index contributed by atoms with van der Waals surface area (Å²) in [6.45, 7) is 6.97.